The van der Waals surface area contributed by atoms with Crippen molar-refractivity contribution in [2.24, 2.45) is 7.05 Å². The third kappa shape index (κ3) is 1.98. The maximum Gasteiger partial charge on any atom is 0.348 e. The van der Waals surface area contributed by atoms with E-state index in [9.17, 15) is 4.79 Å². The minimum Gasteiger partial charge on any atom is -0.465 e. The fraction of sp³-hybridized carbons (Fsp3) is 0.143. The Hall–Kier alpha value is -2.54. The van der Waals surface area contributed by atoms with Gasteiger partial charge in [-0.3, -0.25) is 0 Å². The van der Waals surface area contributed by atoms with E-state index in [1.54, 1.807) is 6.08 Å². The monoisotopic (exact) mass is 240 g/mol. The first-order chi connectivity index (χ1) is 8.67. The van der Waals surface area contributed by atoms with E-state index in [1.807, 2.05) is 48.1 Å². The van der Waals surface area contributed by atoms with Gasteiger partial charge in [0.1, 0.15) is 11.6 Å². The number of aromatic nitrogens is 1. The quantitative estimate of drug-likeness (QED) is 0.459. The molecule has 0 aliphatic carbocycles. The Balaban J connectivity index is 2.59. The van der Waals surface area contributed by atoms with Gasteiger partial charge in [-0.15, -0.1) is 0 Å². The molecule has 4 heteroatoms. The average molecular weight is 240 g/mol. The summed E-state index contributed by atoms with van der Waals surface area (Å²) in [6.07, 6.45) is 3.43. The van der Waals surface area contributed by atoms with E-state index in [4.69, 9.17) is 5.26 Å². The van der Waals surface area contributed by atoms with Gasteiger partial charge in [0.2, 0.25) is 0 Å². The third-order valence-electron chi connectivity index (χ3n) is 2.75. The molecular formula is C14H12N2O2. The largest absolute Gasteiger partial charge is 0.465 e. The molecule has 1 aromatic carbocycles. The Morgan fingerprint density at radius 2 is 2.17 bits per heavy atom. The molecule has 0 saturated heterocycles. The molecule has 0 bridgehead atoms. The van der Waals surface area contributed by atoms with Crippen LogP contribution in [0.2, 0.25) is 0 Å². The molecule has 18 heavy (non-hydrogen) atoms. The SMILES string of the molecule is COC(=O)C(C#N)=Cc1cn(C)c2ccccc12. The number of aryl methyl sites for hydroxylation is 1. The van der Waals surface area contributed by atoms with E-state index < -0.39 is 5.97 Å². The molecule has 0 unspecified atom stereocenters. The molecule has 0 saturated carbocycles. The summed E-state index contributed by atoms with van der Waals surface area (Å²) in [6.45, 7) is 0. The summed E-state index contributed by atoms with van der Waals surface area (Å²) in [5.41, 5.74) is 1.87. The molecule has 0 N–H and O–H groups in total. The topological polar surface area (TPSA) is 55.0 Å². The molecule has 2 rings (SSSR count). The van der Waals surface area contributed by atoms with Gasteiger partial charge in [-0.05, 0) is 12.1 Å². The Kier molecular flexibility index (Phi) is 3.16. The van der Waals surface area contributed by atoms with Crippen molar-refractivity contribution in [2.45, 2.75) is 0 Å². The van der Waals surface area contributed by atoms with Crippen LogP contribution >= 0.6 is 0 Å². The molecule has 0 radical (unpaired) electrons. The lowest BCUT2D eigenvalue weighted by molar-refractivity contribution is -0.135. The zero-order valence-corrected chi connectivity index (χ0v) is 10.2. The Bertz CT molecular complexity index is 675. The molecule has 0 amide bonds. The number of nitriles is 1. The third-order valence-corrected chi connectivity index (χ3v) is 2.75. The zero-order chi connectivity index (χ0) is 13.1. The highest BCUT2D eigenvalue weighted by Gasteiger charge is 2.11. The highest BCUT2D eigenvalue weighted by molar-refractivity contribution is 6.01. The number of carbonyl (C=O) groups excluding carboxylic acids is 1. The van der Waals surface area contributed by atoms with Crippen LogP contribution in [0.5, 0.6) is 0 Å². The number of ether oxygens (including phenoxy) is 1. The summed E-state index contributed by atoms with van der Waals surface area (Å²) in [5, 5.41) is 9.94. The second-order valence-electron chi connectivity index (χ2n) is 3.87. The minimum absolute atomic E-state index is 0.00569. The van der Waals surface area contributed by atoms with Crippen LogP contribution < -0.4 is 0 Å². The maximum atomic E-state index is 11.4. The van der Waals surface area contributed by atoms with Crippen molar-refractivity contribution in [1.82, 2.24) is 4.57 Å². The number of para-hydroxylation sites is 1. The molecular weight excluding hydrogens is 228 g/mol. The second-order valence-corrected chi connectivity index (χ2v) is 3.87. The van der Waals surface area contributed by atoms with Crippen LogP contribution in [0.1, 0.15) is 5.56 Å². The van der Waals surface area contributed by atoms with Crippen molar-refractivity contribution in [1.29, 1.82) is 5.26 Å². The number of nitrogens with zero attached hydrogens (tertiary/aromatic N) is 2. The Labute approximate surface area is 105 Å². The van der Waals surface area contributed by atoms with E-state index in [1.165, 1.54) is 7.11 Å². The van der Waals surface area contributed by atoms with Crippen molar-refractivity contribution >= 4 is 22.9 Å². The van der Waals surface area contributed by atoms with Gasteiger partial charge in [0.05, 0.1) is 7.11 Å². The van der Waals surface area contributed by atoms with Crippen LogP contribution in [-0.4, -0.2) is 17.6 Å². The van der Waals surface area contributed by atoms with Gasteiger partial charge < -0.3 is 9.30 Å². The fourth-order valence-corrected chi connectivity index (χ4v) is 1.89. The first kappa shape index (κ1) is 11.9. The molecule has 2 aromatic rings. The summed E-state index contributed by atoms with van der Waals surface area (Å²) in [7, 11) is 3.18. The van der Waals surface area contributed by atoms with Crippen molar-refractivity contribution in [3.63, 3.8) is 0 Å². The number of benzene rings is 1. The van der Waals surface area contributed by atoms with Gasteiger partial charge in [0.15, 0.2) is 0 Å². The van der Waals surface area contributed by atoms with E-state index in [0.29, 0.717) is 0 Å². The predicted octanol–water partition coefficient (Wildman–Crippen LogP) is 2.26. The molecule has 0 atom stereocenters. The predicted molar refractivity (Wildman–Crippen MR) is 68.5 cm³/mol. The van der Waals surface area contributed by atoms with E-state index in [0.717, 1.165) is 16.5 Å². The van der Waals surface area contributed by atoms with E-state index in [-0.39, 0.29) is 5.57 Å². The van der Waals surface area contributed by atoms with Gasteiger partial charge in [-0.1, -0.05) is 18.2 Å². The van der Waals surface area contributed by atoms with Crippen molar-refractivity contribution < 1.29 is 9.53 Å². The number of hydrogen-bond donors (Lipinski definition) is 0. The lowest BCUT2D eigenvalue weighted by Gasteiger charge is -1.95. The summed E-state index contributed by atoms with van der Waals surface area (Å²) >= 11 is 0. The van der Waals surface area contributed by atoms with Crippen LogP contribution in [0.3, 0.4) is 0 Å². The molecule has 0 aliphatic rings. The smallest absolute Gasteiger partial charge is 0.348 e. The number of hydrogen-bond acceptors (Lipinski definition) is 3. The van der Waals surface area contributed by atoms with Crippen LogP contribution in [-0.2, 0) is 16.6 Å². The van der Waals surface area contributed by atoms with Gasteiger partial charge >= 0.3 is 5.97 Å². The van der Waals surface area contributed by atoms with Gasteiger partial charge in [-0.2, -0.15) is 5.26 Å². The van der Waals surface area contributed by atoms with Crippen LogP contribution in [0.15, 0.2) is 36.0 Å². The summed E-state index contributed by atoms with van der Waals surface area (Å²) < 4.78 is 6.51. The number of fused-ring (bicyclic) bond motifs is 1. The van der Waals surface area contributed by atoms with Gasteiger partial charge in [0, 0.05) is 29.7 Å². The van der Waals surface area contributed by atoms with Gasteiger partial charge in [0.25, 0.3) is 0 Å². The molecule has 0 aliphatic heterocycles. The van der Waals surface area contributed by atoms with Crippen LogP contribution in [0.4, 0.5) is 0 Å². The molecule has 0 spiro atoms. The number of rotatable bonds is 2. The van der Waals surface area contributed by atoms with Crippen LogP contribution in [0, 0.1) is 11.3 Å². The second kappa shape index (κ2) is 4.76. The molecule has 0 fully saturated rings. The molecule has 90 valence electrons. The van der Waals surface area contributed by atoms with E-state index >= 15 is 0 Å². The maximum absolute atomic E-state index is 11.4. The average Bonchev–Trinajstić information content (AvgIpc) is 2.72. The molecule has 4 nitrogen and oxygen atoms in total. The van der Waals surface area contributed by atoms with E-state index in [2.05, 4.69) is 4.74 Å². The fourth-order valence-electron chi connectivity index (χ4n) is 1.89. The normalized spacial score (nSPS) is 11.3. The summed E-state index contributed by atoms with van der Waals surface area (Å²) in [4.78, 5) is 11.4. The molecule has 1 heterocycles. The van der Waals surface area contributed by atoms with Crippen molar-refractivity contribution in [2.75, 3.05) is 7.11 Å². The van der Waals surface area contributed by atoms with Crippen molar-refractivity contribution in [3.05, 3.63) is 41.6 Å². The number of esters is 1. The summed E-state index contributed by atoms with van der Waals surface area (Å²) in [5.74, 6) is -0.620. The first-order valence-corrected chi connectivity index (χ1v) is 5.41. The standard InChI is InChI=1S/C14H12N2O2/c1-16-9-11(7-10(8-15)14(17)18-2)12-5-3-4-6-13(12)16/h3-7,9H,1-2H3. The lowest BCUT2D eigenvalue weighted by Crippen LogP contribution is -2.02. The summed E-state index contributed by atoms with van der Waals surface area (Å²) in [6, 6.07) is 9.65. The first-order valence-electron chi connectivity index (χ1n) is 5.41. The number of methoxy groups -OCH3 is 1. The Morgan fingerprint density at radius 1 is 1.44 bits per heavy atom. The highest BCUT2D eigenvalue weighted by Crippen LogP contribution is 2.22. The lowest BCUT2D eigenvalue weighted by atomic mass is 10.1. The van der Waals surface area contributed by atoms with Crippen LogP contribution in [0.25, 0.3) is 17.0 Å². The van der Waals surface area contributed by atoms with Crippen molar-refractivity contribution in [3.8, 4) is 6.07 Å². The minimum atomic E-state index is -0.620. The Morgan fingerprint density at radius 3 is 2.83 bits per heavy atom. The zero-order valence-electron chi connectivity index (χ0n) is 10.2. The molecule has 1 aromatic heterocycles. The highest BCUT2D eigenvalue weighted by atomic mass is 16.5. The number of carbonyl (C=O) groups is 1. The van der Waals surface area contributed by atoms with Gasteiger partial charge in [-0.25, -0.2) is 4.79 Å².